The Balaban J connectivity index is 1.73. The number of β-amino-alcohol motifs (C(OH)–C–C–N with tert-alkyl or cyclic N) is 1. The summed E-state index contributed by atoms with van der Waals surface area (Å²) < 4.78 is 10.9. The van der Waals surface area contributed by atoms with Gasteiger partial charge in [-0.25, -0.2) is 0 Å². The third kappa shape index (κ3) is 2.94. The van der Waals surface area contributed by atoms with Crippen LogP contribution in [-0.2, 0) is 0 Å². The molecule has 1 aromatic carbocycles. The lowest BCUT2D eigenvalue weighted by Crippen LogP contribution is -2.61. The van der Waals surface area contributed by atoms with Gasteiger partial charge >= 0.3 is 0 Å². The Bertz CT molecular complexity index is 388. The van der Waals surface area contributed by atoms with Crippen LogP contribution in [0, 0.1) is 0 Å². The summed E-state index contributed by atoms with van der Waals surface area (Å²) in [4.78, 5) is 2.19. The third-order valence-corrected chi connectivity index (χ3v) is 3.43. The van der Waals surface area contributed by atoms with Crippen molar-refractivity contribution < 1.29 is 14.6 Å². The Kier molecular flexibility index (Phi) is 4.09. The topological polar surface area (TPSA) is 41.9 Å². The van der Waals surface area contributed by atoms with Gasteiger partial charge in [-0.15, -0.1) is 0 Å². The molecule has 0 unspecified atom stereocenters. The molecule has 1 saturated heterocycles. The van der Waals surface area contributed by atoms with E-state index in [-0.39, 0.29) is 0 Å². The summed E-state index contributed by atoms with van der Waals surface area (Å²) in [5.41, 5.74) is -0.468. The maximum absolute atomic E-state index is 9.89. The molecule has 0 bridgehead atoms. The summed E-state index contributed by atoms with van der Waals surface area (Å²) in [5, 5.41) is 9.89. The zero-order valence-corrected chi connectivity index (χ0v) is 11.1. The van der Waals surface area contributed by atoms with E-state index >= 15 is 0 Å². The lowest BCUT2D eigenvalue weighted by atomic mass is 9.91. The smallest absolute Gasteiger partial charge is 0.161 e. The minimum absolute atomic E-state index is 0.468. The number of methoxy groups -OCH3 is 1. The van der Waals surface area contributed by atoms with Crippen LogP contribution >= 0.6 is 0 Å². The highest BCUT2D eigenvalue weighted by molar-refractivity contribution is 5.39. The number of benzene rings is 1. The number of para-hydroxylation sites is 2. The van der Waals surface area contributed by atoms with E-state index in [2.05, 4.69) is 4.90 Å². The number of hydrogen-bond donors (Lipinski definition) is 1. The van der Waals surface area contributed by atoms with Crippen molar-refractivity contribution in [2.24, 2.45) is 0 Å². The van der Waals surface area contributed by atoms with Gasteiger partial charge in [-0.1, -0.05) is 19.1 Å². The van der Waals surface area contributed by atoms with Crippen molar-refractivity contribution in [2.45, 2.75) is 18.9 Å². The van der Waals surface area contributed by atoms with E-state index in [1.807, 2.05) is 31.2 Å². The van der Waals surface area contributed by atoms with Gasteiger partial charge in [-0.05, 0) is 18.6 Å². The summed E-state index contributed by atoms with van der Waals surface area (Å²) >= 11 is 0. The van der Waals surface area contributed by atoms with E-state index in [9.17, 15) is 5.11 Å². The fraction of sp³-hybridized carbons (Fsp3) is 0.571. The Morgan fingerprint density at radius 2 is 1.94 bits per heavy atom. The Morgan fingerprint density at radius 3 is 2.56 bits per heavy atom. The molecule has 0 aliphatic carbocycles. The van der Waals surface area contributed by atoms with Gasteiger partial charge in [-0.3, -0.25) is 4.90 Å². The number of rotatable bonds is 6. The molecule has 1 aliphatic rings. The molecule has 0 radical (unpaired) electrons. The lowest BCUT2D eigenvalue weighted by molar-refractivity contribution is -0.102. The van der Waals surface area contributed by atoms with Crippen LogP contribution in [0.3, 0.4) is 0 Å². The minimum atomic E-state index is -0.468. The lowest BCUT2D eigenvalue weighted by Gasteiger charge is -2.46. The predicted octanol–water partition coefficient (Wildman–Crippen LogP) is 1.53. The van der Waals surface area contributed by atoms with Gasteiger partial charge in [-0.2, -0.15) is 0 Å². The summed E-state index contributed by atoms with van der Waals surface area (Å²) in [6.07, 6.45) is 0.816. The maximum atomic E-state index is 9.89. The molecular formula is C14H21NO3. The quantitative estimate of drug-likeness (QED) is 0.832. The van der Waals surface area contributed by atoms with Crippen LogP contribution < -0.4 is 9.47 Å². The van der Waals surface area contributed by atoms with Gasteiger partial charge in [0.05, 0.1) is 12.7 Å². The molecule has 1 aliphatic heterocycles. The van der Waals surface area contributed by atoms with Gasteiger partial charge in [0.2, 0.25) is 0 Å². The molecule has 0 aromatic heterocycles. The highest BCUT2D eigenvalue weighted by Crippen LogP contribution is 2.26. The molecule has 18 heavy (non-hydrogen) atoms. The van der Waals surface area contributed by atoms with Crippen molar-refractivity contribution in [3.05, 3.63) is 24.3 Å². The Hall–Kier alpha value is -1.26. The predicted molar refractivity (Wildman–Crippen MR) is 70.2 cm³/mol. The molecule has 0 saturated carbocycles. The molecule has 0 spiro atoms. The number of aliphatic hydroxyl groups is 1. The fourth-order valence-electron chi connectivity index (χ4n) is 2.19. The second-order valence-corrected chi connectivity index (χ2v) is 4.79. The average Bonchev–Trinajstić information content (AvgIpc) is 2.37. The molecule has 0 amide bonds. The van der Waals surface area contributed by atoms with E-state index in [1.165, 1.54) is 0 Å². The molecule has 1 fully saturated rings. The van der Waals surface area contributed by atoms with Crippen molar-refractivity contribution in [3.63, 3.8) is 0 Å². The minimum Gasteiger partial charge on any atom is -0.493 e. The van der Waals surface area contributed by atoms with E-state index in [4.69, 9.17) is 9.47 Å². The van der Waals surface area contributed by atoms with Gasteiger partial charge < -0.3 is 14.6 Å². The van der Waals surface area contributed by atoms with Crippen molar-refractivity contribution >= 4 is 0 Å². The normalized spacial score (nSPS) is 18.2. The largest absolute Gasteiger partial charge is 0.493 e. The maximum Gasteiger partial charge on any atom is 0.161 e. The number of nitrogens with zero attached hydrogens (tertiary/aromatic N) is 1. The monoisotopic (exact) mass is 251 g/mol. The zero-order valence-electron chi connectivity index (χ0n) is 11.1. The van der Waals surface area contributed by atoms with Crippen molar-refractivity contribution in [1.29, 1.82) is 0 Å². The summed E-state index contributed by atoms with van der Waals surface area (Å²) in [6.45, 7) is 4.96. The summed E-state index contributed by atoms with van der Waals surface area (Å²) in [6, 6.07) is 7.63. The van der Waals surface area contributed by atoms with E-state index in [0.717, 1.165) is 37.6 Å². The molecule has 1 heterocycles. The second kappa shape index (κ2) is 5.59. The van der Waals surface area contributed by atoms with Crippen LogP contribution in [0.4, 0.5) is 0 Å². The first-order valence-electron chi connectivity index (χ1n) is 6.37. The van der Waals surface area contributed by atoms with Gasteiger partial charge in [0.15, 0.2) is 11.5 Å². The van der Waals surface area contributed by atoms with Crippen LogP contribution in [0.25, 0.3) is 0 Å². The summed E-state index contributed by atoms with van der Waals surface area (Å²) in [7, 11) is 1.64. The van der Waals surface area contributed by atoms with Crippen LogP contribution in [0.2, 0.25) is 0 Å². The number of ether oxygens (including phenoxy) is 2. The van der Waals surface area contributed by atoms with Crippen LogP contribution in [0.5, 0.6) is 11.5 Å². The van der Waals surface area contributed by atoms with Gasteiger partial charge in [0, 0.05) is 19.6 Å². The van der Waals surface area contributed by atoms with E-state index in [0.29, 0.717) is 6.61 Å². The molecule has 100 valence electrons. The molecule has 1 N–H and O–H groups in total. The molecular weight excluding hydrogens is 230 g/mol. The first-order chi connectivity index (χ1) is 8.67. The highest BCUT2D eigenvalue weighted by Gasteiger charge is 2.38. The molecule has 1 aromatic rings. The SMILES string of the molecule is CCC1(O)CN(CCOc2ccccc2OC)C1. The third-order valence-electron chi connectivity index (χ3n) is 3.43. The average molecular weight is 251 g/mol. The van der Waals surface area contributed by atoms with Gasteiger partial charge in [0.1, 0.15) is 6.61 Å². The van der Waals surface area contributed by atoms with E-state index < -0.39 is 5.60 Å². The highest BCUT2D eigenvalue weighted by atomic mass is 16.5. The Morgan fingerprint density at radius 1 is 1.28 bits per heavy atom. The van der Waals surface area contributed by atoms with Crippen LogP contribution in [-0.4, -0.2) is 49.0 Å². The first-order valence-corrected chi connectivity index (χ1v) is 6.37. The van der Waals surface area contributed by atoms with Crippen molar-refractivity contribution in [2.75, 3.05) is 33.4 Å². The zero-order chi connectivity index (χ0) is 13.0. The standard InChI is InChI=1S/C14H21NO3/c1-3-14(16)10-15(11-14)8-9-18-13-7-5-4-6-12(13)17-2/h4-7,16H,3,8-11H2,1-2H3. The molecule has 4 heteroatoms. The number of hydrogen-bond acceptors (Lipinski definition) is 4. The van der Waals surface area contributed by atoms with Crippen LogP contribution in [0.1, 0.15) is 13.3 Å². The van der Waals surface area contributed by atoms with Gasteiger partial charge in [0.25, 0.3) is 0 Å². The Labute approximate surface area is 108 Å². The van der Waals surface area contributed by atoms with Crippen molar-refractivity contribution in [1.82, 2.24) is 4.90 Å². The molecule has 2 rings (SSSR count). The van der Waals surface area contributed by atoms with Crippen LogP contribution in [0.15, 0.2) is 24.3 Å². The molecule has 0 atom stereocenters. The first kappa shape index (κ1) is 13.2. The summed E-state index contributed by atoms with van der Waals surface area (Å²) in [5.74, 6) is 1.53. The molecule has 4 nitrogen and oxygen atoms in total. The number of likely N-dealkylation sites (tertiary alicyclic amines) is 1. The van der Waals surface area contributed by atoms with E-state index in [1.54, 1.807) is 7.11 Å². The second-order valence-electron chi connectivity index (χ2n) is 4.79. The fourth-order valence-corrected chi connectivity index (χ4v) is 2.19. The van der Waals surface area contributed by atoms with Crippen molar-refractivity contribution in [3.8, 4) is 11.5 Å².